The van der Waals surface area contributed by atoms with E-state index >= 15 is 0 Å². The molecule has 144 valence electrons. The molecule has 0 aromatic carbocycles. The van der Waals surface area contributed by atoms with Crippen LogP contribution in [-0.2, 0) is 14.3 Å². The van der Waals surface area contributed by atoms with Gasteiger partial charge >= 0.3 is 12.1 Å². The predicted molar refractivity (Wildman–Crippen MR) is 93.5 cm³/mol. The van der Waals surface area contributed by atoms with Crippen molar-refractivity contribution in [1.82, 2.24) is 0 Å². The van der Waals surface area contributed by atoms with E-state index in [0.717, 1.165) is 57.8 Å². The van der Waals surface area contributed by atoms with Crippen molar-refractivity contribution in [3.8, 4) is 0 Å². The lowest BCUT2D eigenvalue weighted by molar-refractivity contribution is -0.181. The van der Waals surface area contributed by atoms with E-state index in [1.165, 1.54) is 0 Å². The highest BCUT2D eigenvalue weighted by atomic mass is 16.8. The number of hydrogen-bond acceptors (Lipinski definition) is 4. The molecule has 5 fully saturated rings. The average molecular weight is 362 g/mol. The summed E-state index contributed by atoms with van der Waals surface area (Å²) in [6.45, 7) is 4.79. The number of carboxylic acid groups (broad SMARTS) is 1. The standard InChI is InChI=1S/C21H30O5/c1-18-7-3-8-19(2,16(22)23)14(18)6-9-20-10-13(4-5-15(18)20)21(11-20)12-25-17(24)26-21/h13-15H,3-12H2,1-2H3,(H,22,23). The Hall–Kier alpha value is -1.26. The maximum absolute atomic E-state index is 12.2. The Kier molecular flexibility index (Phi) is 3.22. The van der Waals surface area contributed by atoms with Gasteiger partial charge in [0.2, 0.25) is 0 Å². The van der Waals surface area contributed by atoms with Crippen LogP contribution in [0.25, 0.3) is 0 Å². The lowest BCUT2D eigenvalue weighted by Crippen LogP contribution is -2.58. The predicted octanol–water partition coefficient (Wildman–Crippen LogP) is 4.39. The lowest BCUT2D eigenvalue weighted by atomic mass is 9.41. The molecule has 1 N–H and O–H groups in total. The van der Waals surface area contributed by atoms with Crippen molar-refractivity contribution >= 4 is 12.1 Å². The van der Waals surface area contributed by atoms with Crippen molar-refractivity contribution in [3.63, 3.8) is 0 Å². The second kappa shape index (κ2) is 4.96. The van der Waals surface area contributed by atoms with Gasteiger partial charge in [0, 0.05) is 5.92 Å². The summed E-state index contributed by atoms with van der Waals surface area (Å²) in [5, 5.41) is 10.00. The summed E-state index contributed by atoms with van der Waals surface area (Å²) in [6, 6.07) is 0. The molecule has 4 saturated carbocycles. The molecule has 5 heteroatoms. The highest BCUT2D eigenvalue weighted by Gasteiger charge is 2.70. The van der Waals surface area contributed by atoms with Crippen LogP contribution in [0.3, 0.4) is 0 Å². The minimum atomic E-state index is -0.612. The third kappa shape index (κ3) is 1.87. The Morgan fingerprint density at radius 3 is 2.62 bits per heavy atom. The second-order valence-electron chi connectivity index (χ2n) is 10.4. The van der Waals surface area contributed by atoms with Crippen molar-refractivity contribution in [3.05, 3.63) is 0 Å². The molecule has 0 aromatic heterocycles. The molecule has 7 unspecified atom stereocenters. The zero-order valence-electron chi connectivity index (χ0n) is 15.9. The van der Waals surface area contributed by atoms with Gasteiger partial charge in [-0.1, -0.05) is 13.3 Å². The van der Waals surface area contributed by atoms with Crippen molar-refractivity contribution in [2.24, 2.45) is 34.0 Å². The third-order valence-corrected chi connectivity index (χ3v) is 9.50. The molecule has 1 aliphatic heterocycles. The summed E-state index contributed by atoms with van der Waals surface area (Å²) in [6.07, 6.45) is 8.80. The van der Waals surface area contributed by atoms with Gasteiger partial charge in [0.15, 0.2) is 5.60 Å². The Labute approximate surface area is 154 Å². The molecule has 0 amide bonds. The summed E-state index contributed by atoms with van der Waals surface area (Å²) >= 11 is 0. The topological polar surface area (TPSA) is 72.8 Å². The van der Waals surface area contributed by atoms with Gasteiger partial charge in [0.1, 0.15) is 6.61 Å². The van der Waals surface area contributed by atoms with Crippen LogP contribution in [0.5, 0.6) is 0 Å². The van der Waals surface area contributed by atoms with E-state index in [4.69, 9.17) is 9.47 Å². The van der Waals surface area contributed by atoms with Crippen LogP contribution in [-0.4, -0.2) is 29.4 Å². The van der Waals surface area contributed by atoms with E-state index < -0.39 is 23.1 Å². The summed E-state index contributed by atoms with van der Waals surface area (Å²) < 4.78 is 11.0. The molecule has 1 saturated heterocycles. The quantitative estimate of drug-likeness (QED) is 0.700. The first-order valence-electron chi connectivity index (χ1n) is 10.3. The molecule has 4 aliphatic carbocycles. The molecule has 1 heterocycles. The number of aliphatic carboxylic acids is 1. The molecule has 0 radical (unpaired) electrons. The second-order valence-corrected chi connectivity index (χ2v) is 10.4. The first-order valence-corrected chi connectivity index (χ1v) is 10.3. The van der Waals surface area contributed by atoms with Crippen LogP contribution in [0.2, 0.25) is 0 Å². The fourth-order valence-electron chi connectivity index (χ4n) is 8.55. The Morgan fingerprint density at radius 1 is 1.12 bits per heavy atom. The van der Waals surface area contributed by atoms with Gasteiger partial charge in [0.25, 0.3) is 0 Å². The largest absolute Gasteiger partial charge is 0.509 e. The van der Waals surface area contributed by atoms with E-state index in [1.807, 2.05) is 6.92 Å². The monoisotopic (exact) mass is 362 g/mol. The summed E-state index contributed by atoms with van der Waals surface area (Å²) in [5.41, 5.74) is -0.701. The number of carboxylic acids is 1. The van der Waals surface area contributed by atoms with Gasteiger partial charge in [-0.25, -0.2) is 4.79 Å². The fraction of sp³-hybridized carbons (Fsp3) is 0.905. The maximum Gasteiger partial charge on any atom is 0.509 e. The Balaban J connectivity index is 1.52. The van der Waals surface area contributed by atoms with E-state index in [9.17, 15) is 14.7 Å². The highest BCUT2D eigenvalue weighted by molar-refractivity contribution is 5.75. The van der Waals surface area contributed by atoms with Crippen molar-refractivity contribution in [2.75, 3.05) is 6.61 Å². The molecule has 2 spiro atoms. The molecule has 2 bridgehead atoms. The summed E-state index contributed by atoms with van der Waals surface area (Å²) in [5.74, 6) is 0.605. The normalized spacial score (nSPS) is 55.0. The van der Waals surface area contributed by atoms with E-state index in [-0.39, 0.29) is 16.7 Å². The van der Waals surface area contributed by atoms with Crippen molar-refractivity contribution < 1.29 is 24.2 Å². The minimum absolute atomic E-state index is 0.0869. The number of rotatable bonds is 1. The molecule has 26 heavy (non-hydrogen) atoms. The number of ether oxygens (including phenoxy) is 2. The Morgan fingerprint density at radius 2 is 1.92 bits per heavy atom. The number of hydrogen-bond donors (Lipinski definition) is 1. The van der Waals surface area contributed by atoms with Crippen LogP contribution >= 0.6 is 0 Å². The van der Waals surface area contributed by atoms with E-state index in [0.29, 0.717) is 18.4 Å². The van der Waals surface area contributed by atoms with E-state index in [1.54, 1.807) is 0 Å². The zero-order valence-corrected chi connectivity index (χ0v) is 15.9. The van der Waals surface area contributed by atoms with Crippen molar-refractivity contribution in [1.29, 1.82) is 0 Å². The molecule has 7 atom stereocenters. The Bertz CT molecular complexity index is 675. The van der Waals surface area contributed by atoms with Crippen LogP contribution in [0.4, 0.5) is 4.79 Å². The van der Waals surface area contributed by atoms with Gasteiger partial charge in [0.05, 0.1) is 5.41 Å². The van der Waals surface area contributed by atoms with Crippen LogP contribution in [0.15, 0.2) is 0 Å². The van der Waals surface area contributed by atoms with Gasteiger partial charge < -0.3 is 14.6 Å². The van der Waals surface area contributed by atoms with Crippen LogP contribution in [0.1, 0.15) is 71.6 Å². The van der Waals surface area contributed by atoms with Gasteiger partial charge in [-0.2, -0.15) is 0 Å². The van der Waals surface area contributed by atoms with Gasteiger partial charge in [-0.15, -0.1) is 0 Å². The molecular weight excluding hydrogens is 332 g/mol. The SMILES string of the molecule is CC1(C(=O)O)CCCC2(C)C3CCC4CC3(CCC12)CC41COC(=O)O1. The lowest BCUT2D eigenvalue weighted by Gasteiger charge is -2.63. The fourth-order valence-corrected chi connectivity index (χ4v) is 8.55. The molecular formula is C21H30O5. The summed E-state index contributed by atoms with van der Waals surface area (Å²) in [4.78, 5) is 23.8. The average Bonchev–Trinajstić information content (AvgIpc) is 3.04. The number of carbonyl (C=O) groups is 2. The highest BCUT2D eigenvalue weighted by Crippen LogP contribution is 2.73. The van der Waals surface area contributed by atoms with Gasteiger partial charge in [-0.05, 0) is 81.0 Å². The maximum atomic E-state index is 12.2. The minimum Gasteiger partial charge on any atom is -0.481 e. The zero-order chi connectivity index (χ0) is 18.4. The van der Waals surface area contributed by atoms with Crippen LogP contribution < -0.4 is 0 Å². The van der Waals surface area contributed by atoms with Crippen LogP contribution in [0, 0.1) is 34.0 Å². The molecule has 0 aromatic rings. The molecule has 5 aliphatic rings. The number of carbonyl (C=O) groups excluding carboxylic acids is 1. The van der Waals surface area contributed by atoms with Crippen molar-refractivity contribution in [2.45, 2.75) is 77.2 Å². The summed E-state index contributed by atoms with van der Waals surface area (Å²) in [7, 11) is 0. The first kappa shape index (κ1) is 16.9. The van der Waals surface area contributed by atoms with E-state index in [2.05, 4.69) is 6.92 Å². The number of cyclic esters (lactones) is 1. The molecule has 5 rings (SSSR count). The van der Waals surface area contributed by atoms with Gasteiger partial charge in [-0.3, -0.25) is 4.79 Å². The molecule has 5 nitrogen and oxygen atoms in total. The number of fused-ring (bicyclic) bond motifs is 4. The smallest absolute Gasteiger partial charge is 0.481 e. The third-order valence-electron chi connectivity index (χ3n) is 9.50. The first-order chi connectivity index (χ1) is 12.2.